The largest absolute Gasteiger partial charge is 0.497 e. The maximum atomic E-state index is 12.7. The number of ether oxygens (including phenoxy) is 2. The quantitative estimate of drug-likeness (QED) is 0.681. The molecule has 0 radical (unpaired) electrons. The third kappa shape index (κ3) is 3.24. The van der Waals surface area contributed by atoms with Crippen LogP contribution in [0, 0.1) is 0 Å². The lowest BCUT2D eigenvalue weighted by atomic mass is 9.92. The van der Waals surface area contributed by atoms with E-state index in [0.29, 0.717) is 6.54 Å². The van der Waals surface area contributed by atoms with Gasteiger partial charge in [-0.15, -0.1) is 0 Å². The minimum atomic E-state index is -0.173. The van der Waals surface area contributed by atoms with Crippen LogP contribution in [0.5, 0.6) is 5.75 Å². The van der Waals surface area contributed by atoms with Gasteiger partial charge in [0, 0.05) is 34.7 Å². The van der Waals surface area contributed by atoms with Crippen LogP contribution in [0.4, 0.5) is 0 Å². The molecule has 5 nitrogen and oxygen atoms in total. The number of carbonyl (C=O) groups excluding carboxylic acids is 1. The van der Waals surface area contributed by atoms with Gasteiger partial charge in [-0.25, -0.2) is 0 Å². The molecule has 0 bridgehead atoms. The number of H-pyrrole nitrogens is 1. The highest BCUT2D eigenvalue weighted by Crippen LogP contribution is 2.39. The minimum absolute atomic E-state index is 0.0104. The number of rotatable bonds is 4. The van der Waals surface area contributed by atoms with E-state index in [2.05, 4.69) is 33.0 Å². The Morgan fingerprint density at radius 1 is 1.22 bits per heavy atom. The van der Waals surface area contributed by atoms with Crippen molar-refractivity contribution >= 4 is 32.7 Å². The molecule has 1 atom stereocenters. The lowest BCUT2D eigenvalue weighted by Gasteiger charge is -2.36. The second-order valence-corrected chi connectivity index (χ2v) is 7.57. The Labute approximate surface area is 166 Å². The van der Waals surface area contributed by atoms with Gasteiger partial charge in [0.1, 0.15) is 12.4 Å². The van der Waals surface area contributed by atoms with Gasteiger partial charge in [0.05, 0.1) is 13.2 Å². The highest BCUT2D eigenvalue weighted by molar-refractivity contribution is 9.10. The molecule has 1 aromatic heterocycles. The number of methoxy groups -OCH3 is 2. The molecule has 140 valence electrons. The number of carbonyl (C=O) groups is 1. The first-order valence-corrected chi connectivity index (χ1v) is 9.64. The first kappa shape index (κ1) is 18.1. The Balaban J connectivity index is 1.86. The first-order valence-electron chi connectivity index (χ1n) is 8.84. The summed E-state index contributed by atoms with van der Waals surface area (Å²) in [6.45, 7) is 0.735. The van der Waals surface area contributed by atoms with E-state index in [1.54, 1.807) is 14.2 Å². The van der Waals surface area contributed by atoms with Crippen molar-refractivity contribution in [2.24, 2.45) is 0 Å². The van der Waals surface area contributed by atoms with Crippen LogP contribution >= 0.6 is 15.9 Å². The Kier molecular flexibility index (Phi) is 4.93. The average molecular weight is 429 g/mol. The Hall–Kier alpha value is -2.31. The number of aromatic amines is 1. The normalized spacial score (nSPS) is 16.4. The topological polar surface area (TPSA) is 54.6 Å². The summed E-state index contributed by atoms with van der Waals surface area (Å²) in [5, 5.41) is 1.21. The summed E-state index contributed by atoms with van der Waals surface area (Å²) in [4.78, 5) is 18.2. The zero-order chi connectivity index (χ0) is 19.0. The summed E-state index contributed by atoms with van der Waals surface area (Å²) in [5.74, 6) is 0.786. The van der Waals surface area contributed by atoms with E-state index in [0.717, 1.165) is 33.4 Å². The number of halogens is 1. The highest BCUT2D eigenvalue weighted by Gasteiger charge is 2.34. The number of fused-ring (bicyclic) bond motifs is 3. The second kappa shape index (κ2) is 7.37. The number of nitrogens with one attached hydrogen (secondary N) is 1. The smallest absolute Gasteiger partial charge is 0.249 e. The van der Waals surface area contributed by atoms with E-state index in [4.69, 9.17) is 9.47 Å². The van der Waals surface area contributed by atoms with Crippen LogP contribution in [0.15, 0.2) is 46.9 Å². The van der Waals surface area contributed by atoms with Crippen molar-refractivity contribution in [1.82, 2.24) is 9.88 Å². The van der Waals surface area contributed by atoms with Crippen molar-refractivity contribution in [3.05, 3.63) is 63.8 Å². The van der Waals surface area contributed by atoms with Gasteiger partial charge in [0.25, 0.3) is 0 Å². The van der Waals surface area contributed by atoms with Crippen LogP contribution in [0.3, 0.4) is 0 Å². The molecule has 1 aliphatic rings. The molecule has 1 N–H and O–H groups in total. The lowest BCUT2D eigenvalue weighted by Crippen LogP contribution is -2.42. The third-order valence-electron chi connectivity index (χ3n) is 5.11. The van der Waals surface area contributed by atoms with Crippen molar-refractivity contribution in [2.75, 3.05) is 27.4 Å². The average Bonchev–Trinajstić information content (AvgIpc) is 3.05. The minimum Gasteiger partial charge on any atom is -0.497 e. The molecule has 1 aliphatic heterocycles. The molecule has 2 aromatic carbocycles. The maximum Gasteiger partial charge on any atom is 0.249 e. The standard InChI is InChI=1S/C21H21BrN2O3/c1-26-12-19(25)24-10-9-16-17-11-14(22)5-8-18(17)23-20(16)21(24)13-3-6-15(27-2)7-4-13/h3-8,11,21,23H,9-10,12H2,1-2H3. The number of benzene rings is 2. The number of nitrogens with zero attached hydrogens (tertiary/aromatic N) is 1. The Bertz CT molecular complexity index is 981. The first-order chi connectivity index (χ1) is 13.1. The molecule has 0 spiro atoms. The summed E-state index contributed by atoms with van der Waals surface area (Å²) in [6.07, 6.45) is 0.813. The van der Waals surface area contributed by atoms with Gasteiger partial charge in [-0.1, -0.05) is 28.1 Å². The van der Waals surface area contributed by atoms with Crippen molar-refractivity contribution in [1.29, 1.82) is 0 Å². The van der Waals surface area contributed by atoms with Crippen molar-refractivity contribution < 1.29 is 14.3 Å². The molecule has 0 saturated heterocycles. The maximum absolute atomic E-state index is 12.7. The van der Waals surface area contributed by atoms with Gasteiger partial charge < -0.3 is 19.4 Å². The molecule has 0 saturated carbocycles. The summed E-state index contributed by atoms with van der Waals surface area (Å²) in [7, 11) is 3.20. The third-order valence-corrected chi connectivity index (χ3v) is 5.60. The predicted molar refractivity (Wildman–Crippen MR) is 108 cm³/mol. The molecular weight excluding hydrogens is 408 g/mol. The lowest BCUT2D eigenvalue weighted by molar-refractivity contribution is -0.137. The fraction of sp³-hybridized carbons (Fsp3) is 0.286. The Morgan fingerprint density at radius 3 is 2.70 bits per heavy atom. The highest BCUT2D eigenvalue weighted by atomic mass is 79.9. The molecule has 1 amide bonds. The second-order valence-electron chi connectivity index (χ2n) is 6.65. The number of aromatic nitrogens is 1. The van der Waals surface area contributed by atoms with Gasteiger partial charge in [-0.05, 0) is 47.9 Å². The van der Waals surface area contributed by atoms with Crippen molar-refractivity contribution in [3.63, 3.8) is 0 Å². The van der Waals surface area contributed by atoms with Crippen LogP contribution < -0.4 is 4.74 Å². The number of hydrogen-bond donors (Lipinski definition) is 1. The molecule has 2 heterocycles. The van der Waals surface area contributed by atoms with Crippen molar-refractivity contribution in [2.45, 2.75) is 12.5 Å². The van der Waals surface area contributed by atoms with Crippen LogP contribution in [-0.2, 0) is 16.0 Å². The van der Waals surface area contributed by atoms with E-state index >= 15 is 0 Å². The summed E-state index contributed by atoms with van der Waals surface area (Å²) >= 11 is 3.57. The number of amides is 1. The molecule has 0 aliphatic carbocycles. The Morgan fingerprint density at radius 2 is 2.00 bits per heavy atom. The fourth-order valence-electron chi connectivity index (χ4n) is 3.87. The van der Waals surface area contributed by atoms with E-state index in [-0.39, 0.29) is 18.6 Å². The van der Waals surface area contributed by atoms with Gasteiger partial charge in [0.15, 0.2) is 0 Å². The van der Waals surface area contributed by atoms with Gasteiger partial charge in [-0.2, -0.15) is 0 Å². The van der Waals surface area contributed by atoms with Gasteiger partial charge >= 0.3 is 0 Å². The summed E-state index contributed by atoms with van der Waals surface area (Å²) in [6, 6.07) is 14.0. The van der Waals surface area contributed by atoms with Crippen LogP contribution in [0.1, 0.15) is 22.9 Å². The van der Waals surface area contributed by atoms with E-state index in [1.165, 1.54) is 10.9 Å². The summed E-state index contributed by atoms with van der Waals surface area (Å²) in [5.41, 5.74) is 4.48. The SMILES string of the molecule is COCC(=O)N1CCc2c([nH]c3ccc(Br)cc23)C1c1ccc(OC)cc1. The van der Waals surface area contributed by atoms with E-state index < -0.39 is 0 Å². The van der Waals surface area contributed by atoms with E-state index in [9.17, 15) is 4.79 Å². The zero-order valence-electron chi connectivity index (χ0n) is 15.3. The molecule has 4 rings (SSSR count). The molecule has 0 fully saturated rings. The number of hydrogen-bond acceptors (Lipinski definition) is 3. The summed E-state index contributed by atoms with van der Waals surface area (Å²) < 4.78 is 11.5. The van der Waals surface area contributed by atoms with Crippen LogP contribution in [0.25, 0.3) is 10.9 Å². The molecule has 1 unspecified atom stereocenters. The zero-order valence-corrected chi connectivity index (χ0v) is 16.9. The predicted octanol–water partition coefficient (Wildman–Crippen LogP) is 4.06. The molecule has 27 heavy (non-hydrogen) atoms. The molecule has 3 aromatic rings. The van der Waals surface area contributed by atoms with Crippen LogP contribution in [0.2, 0.25) is 0 Å². The van der Waals surface area contributed by atoms with Gasteiger partial charge in [-0.3, -0.25) is 4.79 Å². The van der Waals surface area contributed by atoms with Gasteiger partial charge in [0.2, 0.25) is 5.91 Å². The van der Waals surface area contributed by atoms with Crippen LogP contribution in [-0.4, -0.2) is 43.2 Å². The fourth-order valence-corrected chi connectivity index (χ4v) is 4.23. The van der Waals surface area contributed by atoms with E-state index in [1.807, 2.05) is 35.2 Å². The van der Waals surface area contributed by atoms with Crippen molar-refractivity contribution in [3.8, 4) is 5.75 Å². The monoisotopic (exact) mass is 428 g/mol. The molecule has 6 heteroatoms. The molecular formula is C21H21BrN2O3.